The van der Waals surface area contributed by atoms with E-state index in [1.54, 1.807) is 0 Å². The van der Waals surface area contributed by atoms with Crippen LogP contribution < -0.4 is 0 Å². The molecule has 3 nitrogen and oxygen atoms in total. The lowest BCUT2D eigenvalue weighted by Gasteiger charge is -2.00. The summed E-state index contributed by atoms with van der Waals surface area (Å²) in [7, 11) is 0. The lowest BCUT2D eigenvalue weighted by Crippen LogP contribution is -2.11. The van der Waals surface area contributed by atoms with Crippen molar-refractivity contribution in [1.29, 1.82) is 0 Å². The Hall–Kier alpha value is -0.570. The highest BCUT2D eigenvalue weighted by molar-refractivity contribution is 5.85. The molecule has 52 valence electrons. The predicted octanol–water partition coefficient (Wildman–Crippen LogP) is 0.534. The molecule has 1 N–H and O–H groups in total. The van der Waals surface area contributed by atoms with Crippen LogP contribution in [0.15, 0.2) is 5.16 Å². The second kappa shape index (κ2) is 2.82. The number of aliphatic hydroxyl groups excluding tert-OH is 1. The lowest BCUT2D eigenvalue weighted by atomic mass is 10.1. The van der Waals surface area contributed by atoms with E-state index < -0.39 is 0 Å². The van der Waals surface area contributed by atoms with Crippen LogP contribution in [0, 0.1) is 0 Å². The molecule has 0 aromatic carbocycles. The molecule has 0 saturated carbocycles. The second-order valence-electron chi connectivity index (χ2n) is 2.13. The lowest BCUT2D eigenvalue weighted by molar-refractivity contribution is 0.0390. The summed E-state index contributed by atoms with van der Waals surface area (Å²) in [6, 6.07) is 0. The summed E-state index contributed by atoms with van der Waals surface area (Å²) in [6.45, 7) is 2.11. The molecule has 1 atom stereocenters. The van der Waals surface area contributed by atoms with Gasteiger partial charge in [0.05, 0.1) is 12.3 Å². The topological polar surface area (TPSA) is 41.8 Å². The normalized spacial score (nSPS) is 25.6. The zero-order valence-corrected chi connectivity index (χ0v) is 5.50. The Morgan fingerprint density at radius 3 is 3.00 bits per heavy atom. The van der Waals surface area contributed by atoms with Gasteiger partial charge in [-0.1, -0.05) is 12.1 Å². The van der Waals surface area contributed by atoms with Crippen LogP contribution in [0.1, 0.15) is 19.8 Å². The predicted molar refractivity (Wildman–Crippen MR) is 34.3 cm³/mol. The monoisotopic (exact) mass is 129 g/mol. The molecule has 0 bridgehead atoms. The molecule has 1 unspecified atom stereocenters. The zero-order valence-electron chi connectivity index (χ0n) is 5.50. The van der Waals surface area contributed by atoms with Crippen molar-refractivity contribution in [1.82, 2.24) is 0 Å². The molecule has 1 heterocycles. The summed E-state index contributed by atoms with van der Waals surface area (Å²) in [4.78, 5) is 4.84. The van der Waals surface area contributed by atoms with Gasteiger partial charge in [-0.25, -0.2) is 0 Å². The van der Waals surface area contributed by atoms with Crippen LogP contribution in [0.5, 0.6) is 0 Å². The molecule has 1 aliphatic heterocycles. The smallest absolute Gasteiger partial charge is 0.155 e. The minimum absolute atomic E-state index is 0.0695. The fourth-order valence-corrected chi connectivity index (χ4v) is 0.793. The second-order valence-corrected chi connectivity index (χ2v) is 2.13. The molecule has 1 rings (SSSR count). The average molecular weight is 129 g/mol. The highest BCUT2D eigenvalue weighted by Gasteiger charge is 2.17. The number of nitrogens with zero attached hydrogens (tertiary/aromatic N) is 1. The Morgan fingerprint density at radius 1 is 1.89 bits per heavy atom. The summed E-state index contributed by atoms with van der Waals surface area (Å²) in [5, 5.41) is 12.3. The molecule has 3 heteroatoms. The molecule has 0 radical (unpaired) electrons. The molecule has 0 spiro atoms. The maximum Gasteiger partial charge on any atom is 0.155 e. The first-order chi connectivity index (χ1) is 4.36. The van der Waals surface area contributed by atoms with E-state index in [1.165, 1.54) is 0 Å². The summed E-state index contributed by atoms with van der Waals surface area (Å²) in [5.74, 6) is 0. The van der Waals surface area contributed by atoms with Gasteiger partial charge >= 0.3 is 0 Å². The van der Waals surface area contributed by atoms with Crippen LogP contribution in [0.4, 0.5) is 0 Å². The molecule has 0 aromatic rings. The molecule has 0 fully saturated rings. The molecule has 9 heavy (non-hydrogen) atoms. The summed E-state index contributed by atoms with van der Waals surface area (Å²) >= 11 is 0. The van der Waals surface area contributed by atoms with Gasteiger partial charge in [0.15, 0.2) is 6.10 Å². The third-order valence-corrected chi connectivity index (χ3v) is 1.41. The number of oxime groups is 1. The van der Waals surface area contributed by atoms with Crippen LogP contribution in [0.25, 0.3) is 0 Å². The van der Waals surface area contributed by atoms with Crippen molar-refractivity contribution >= 4 is 5.71 Å². The van der Waals surface area contributed by atoms with Crippen LogP contribution >= 0.6 is 0 Å². The van der Waals surface area contributed by atoms with Crippen LogP contribution in [-0.2, 0) is 4.84 Å². The van der Waals surface area contributed by atoms with E-state index in [0.29, 0.717) is 0 Å². The van der Waals surface area contributed by atoms with E-state index in [2.05, 4.69) is 5.16 Å². The van der Waals surface area contributed by atoms with E-state index in [4.69, 9.17) is 9.94 Å². The van der Waals surface area contributed by atoms with Gasteiger partial charge in [0.2, 0.25) is 0 Å². The van der Waals surface area contributed by atoms with Crippen molar-refractivity contribution in [3.63, 3.8) is 0 Å². The van der Waals surface area contributed by atoms with Crippen molar-refractivity contribution in [2.45, 2.75) is 25.9 Å². The number of hydrogen-bond donors (Lipinski definition) is 1. The first kappa shape index (κ1) is 6.55. The summed E-state index contributed by atoms with van der Waals surface area (Å²) in [6.07, 6.45) is 1.66. The fourth-order valence-electron chi connectivity index (χ4n) is 0.793. The number of hydrogen-bond acceptors (Lipinski definition) is 3. The van der Waals surface area contributed by atoms with Gasteiger partial charge in [0.25, 0.3) is 0 Å². The van der Waals surface area contributed by atoms with Crippen molar-refractivity contribution in [3.05, 3.63) is 0 Å². The molecule has 0 amide bonds. The van der Waals surface area contributed by atoms with Crippen molar-refractivity contribution < 1.29 is 9.94 Å². The highest BCUT2D eigenvalue weighted by Crippen LogP contribution is 2.10. The van der Waals surface area contributed by atoms with Crippen LogP contribution in [0.3, 0.4) is 0 Å². The van der Waals surface area contributed by atoms with Gasteiger partial charge in [-0.15, -0.1) is 0 Å². The average Bonchev–Trinajstić information content (AvgIpc) is 2.34. The number of rotatable bonds is 2. The van der Waals surface area contributed by atoms with E-state index >= 15 is 0 Å². The van der Waals surface area contributed by atoms with Crippen molar-refractivity contribution in [2.75, 3.05) is 6.61 Å². The van der Waals surface area contributed by atoms with E-state index in [1.807, 2.05) is 6.92 Å². The third kappa shape index (κ3) is 1.42. The SMILES string of the molecule is CCC1=NOC(CO)C1. The molecule has 0 aliphatic carbocycles. The maximum absolute atomic E-state index is 8.58. The Bertz CT molecular complexity index is 122. The number of aliphatic hydroxyl groups is 1. The Labute approximate surface area is 54.3 Å². The fraction of sp³-hybridized carbons (Fsp3) is 0.833. The standard InChI is InChI=1S/C6H11NO2/c1-2-5-3-6(4-8)9-7-5/h6,8H,2-4H2,1H3. The van der Waals surface area contributed by atoms with Gasteiger partial charge in [-0.2, -0.15) is 0 Å². The molecular formula is C6H11NO2. The van der Waals surface area contributed by atoms with E-state index in [9.17, 15) is 0 Å². The first-order valence-electron chi connectivity index (χ1n) is 3.19. The minimum atomic E-state index is -0.0695. The van der Waals surface area contributed by atoms with Crippen molar-refractivity contribution in [2.24, 2.45) is 5.16 Å². The zero-order chi connectivity index (χ0) is 6.69. The Kier molecular flexibility index (Phi) is 2.05. The third-order valence-electron chi connectivity index (χ3n) is 1.41. The van der Waals surface area contributed by atoms with E-state index in [-0.39, 0.29) is 12.7 Å². The highest BCUT2D eigenvalue weighted by atomic mass is 16.6. The van der Waals surface area contributed by atoms with Gasteiger partial charge in [0.1, 0.15) is 0 Å². The summed E-state index contributed by atoms with van der Waals surface area (Å²) in [5.41, 5.74) is 1.05. The molecular weight excluding hydrogens is 118 g/mol. The van der Waals surface area contributed by atoms with E-state index in [0.717, 1.165) is 18.6 Å². The van der Waals surface area contributed by atoms with Crippen LogP contribution in [0.2, 0.25) is 0 Å². The van der Waals surface area contributed by atoms with Gasteiger partial charge in [0, 0.05) is 6.42 Å². The minimum Gasteiger partial charge on any atom is -0.392 e. The van der Waals surface area contributed by atoms with Gasteiger partial charge in [-0.05, 0) is 6.42 Å². The van der Waals surface area contributed by atoms with Crippen LogP contribution in [-0.4, -0.2) is 23.5 Å². The largest absolute Gasteiger partial charge is 0.392 e. The quantitative estimate of drug-likeness (QED) is 0.591. The maximum atomic E-state index is 8.58. The molecule has 0 saturated heterocycles. The van der Waals surface area contributed by atoms with Gasteiger partial charge < -0.3 is 9.94 Å². The summed E-state index contributed by atoms with van der Waals surface area (Å²) < 4.78 is 0. The molecule has 1 aliphatic rings. The Balaban J connectivity index is 2.31. The Morgan fingerprint density at radius 2 is 2.67 bits per heavy atom. The first-order valence-corrected chi connectivity index (χ1v) is 3.19. The van der Waals surface area contributed by atoms with Crippen molar-refractivity contribution in [3.8, 4) is 0 Å². The van der Waals surface area contributed by atoms with Gasteiger partial charge in [-0.3, -0.25) is 0 Å². The molecule has 0 aromatic heterocycles.